The lowest BCUT2D eigenvalue weighted by atomic mass is 10.1. The third-order valence-corrected chi connectivity index (χ3v) is 3.31. The van der Waals surface area contributed by atoms with Crippen LogP contribution in [0.3, 0.4) is 0 Å². The number of carbonyl (C=O) groups excluding carboxylic acids is 2. The monoisotopic (exact) mass is 288 g/mol. The van der Waals surface area contributed by atoms with Gasteiger partial charge in [-0.05, 0) is 12.5 Å². The molecule has 1 fully saturated rings. The number of hydrogen-bond donors (Lipinski definition) is 1. The van der Waals surface area contributed by atoms with E-state index in [0.717, 1.165) is 0 Å². The van der Waals surface area contributed by atoms with Gasteiger partial charge in [0.15, 0.2) is 6.29 Å². The lowest BCUT2D eigenvalue weighted by Gasteiger charge is -2.15. The second kappa shape index (κ2) is 5.17. The van der Waals surface area contributed by atoms with Gasteiger partial charge < -0.3 is 5.73 Å². The molecule has 0 radical (unpaired) electrons. The van der Waals surface area contributed by atoms with Gasteiger partial charge in [0, 0.05) is 13.0 Å². The fraction of sp³-hybridized carbons (Fsp3) is 0.400. The van der Waals surface area contributed by atoms with Crippen LogP contribution in [-0.2, 0) is 4.79 Å². The zero-order valence-electron chi connectivity index (χ0n) is 9.27. The number of hydrogen-bond acceptors (Lipinski definition) is 5. The molecular weight excluding hydrogens is 279 g/mol. The van der Waals surface area contributed by atoms with Crippen molar-refractivity contribution in [3.63, 3.8) is 0 Å². The Labute approximate surface area is 113 Å². The van der Waals surface area contributed by atoms with Gasteiger partial charge in [-0.3, -0.25) is 14.5 Å². The first-order valence-corrected chi connectivity index (χ1v) is 6.01. The first kappa shape index (κ1) is 13.2. The molecule has 1 atom stereocenters. The van der Waals surface area contributed by atoms with Gasteiger partial charge in [-0.25, -0.2) is 0 Å². The average molecular weight is 289 g/mol. The van der Waals surface area contributed by atoms with Crippen LogP contribution >= 0.6 is 23.2 Å². The Hall–Kier alpha value is -1.24. The first-order valence-electron chi connectivity index (χ1n) is 5.25. The van der Waals surface area contributed by atoms with Crippen molar-refractivity contribution in [2.45, 2.75) is 6.42 Å². The SMILES string of the molecule is NCC1CC(=O)N(c2nc(Cl)c(C=O)c(Cl)n2)C1. The van der Waals surface area contributed by atoms with Crippen LogP contribution < -0.4 is 10.6 Å². The second-order valence-electron chi connectivity index (χ2n) is 3.95. The van der Waals surface area contributed by atoms with Crippen molar-refractivity contribution in [3.8, 4) is 0 Å². The summed E-state index contributed by atoms with van der Waals surface area (Å²) in [6, 6.07) is 0. The van der Waals surface area contributed by atoms with Crippen molar-refractivity contribution in [2.75, 3.05) is 18.0 Å². The van der Waals surface area contributed by atoms with Crippen molar-refractivity contribution < 1.29 is 9.59 Å². The van der Waals surface area contributed by atoms with E-state index >= 15 is 0 Å². The van der Waals surface area contributed by atoms with Crippen LogP contribution in [-0.4, -0.2) is 35.3 Å². The van der Waals surface area contributed by atoms with Crippen molar-refractivity contribution in [2.24, 2.45) is 11.7 Å². The van der Waals surface area contributed by atoms with Crippen molar-refractivity contribution >= 4 is 41.3 Å². The number of amides is 1. The van der Waals surface area contributed by atoms with E-state index in [-0.39, 0.29) is 33.6 Å². The summed E-state index contributed by atoms with van der Waals surface area (Å²) in [7, 11) is 0. The summed E-state index contributed by atoms with van der Waals surface area (Å²) in [5.41, 5.74) is 5.54. The van der Waals surface area contributed by atoms with Crippen LogP contribution in [0.5, 0.6) is 0 Å². The van der Waals surface area contributed by atoms with Gasteiger partial charge in [0.2, 0.25) is 11.9 Å². The van der Waals surface area contributed by atoms with Crippen LogP contribution in [0, 0.1) is 5.92 Å². The molecule has 2 heterocycles. The molecule has 0 bridgehead atoms. The quantitative estimate of drug-likeness (QED) is 0.660. The molecule has 1 aromatic heterocycles. The topological polar surface area (TPSA) is 89.2 Å². The number of nitrogens with two attached hydrogens (primary N) is 1. The largest absolute Gasteiger partial charge is 0.330 e. The van der Waals surface area contributed by atoms with E-state index in [1.54, 1.807) is 0 Å². The summed E-state index contributed by atoms with van der Waals surface area (Å²) in [5.74, 6) is 0.0531. The van der Waals surface area contributed by atoms with Crippen LogP contribution in [0.4, 0.5) is 5.95 Å². The molecule has 96 valence electrons. The first-order chi connectivity index (χ1) is 8.56. The summed E-state index contributed by atoms with van der Waals surface area (Å²) in [6.45, 7) is 0.846. The fourth-order valence-electron chi connectivity index (χ4n) is 1.76. The van der Waals surface area contributed by atoms with E-state index < -0.39 is 0 Å². The standard InChI is InChI=1S/C10H10Cl2N4O2/c11-8-6(4-17)9(12)15-10(14-8)16-3-5(2-13)1-7(16)18/h4-5H,1-3,13H2. The van der Waals surface area contributed by atoms with Gasteiger partial charge in [-0.15, -0.1) is 0 Å². The Morgan fingerprint density at radius 2 is 2.00 bits per heavy atom. The van der Waals surface area contributed by atoms with Gasteiger partial charge in [0.1, 0.15) is 10.3 Å². The minimum atomic E-state index is -0.128. The summed E-state index contributed by atoms with van der Waals surface area (Å²) >= 11 is 11.6. The van der Waals surface area contributed by atoms with Gasteiger partial charge in [0.05, 0.1) is 5.56 Å². The second-order valence-corrected chi connectivity index (χ2v) is 4.66. The van der Waals surface area contributed by atoms with Crippen LogP contribution in [0.1, 0.15) is 16.8 Å². The third kappa shape index (κ3) is 2.31. The Morgan fingerprint density at radius 1 is 1.39 bits per heavy atom. The van der Waals surface area contributed by atoms with E-state index in [9.17, 15) is 9.59 Å². The van der Waals surface area contributed by atoms with Crippen LogP contribution in [0.2, 0.25) is 10.3 Å². The molecule has 2 N–H and O–H groups in total. The molecule has 0 saturated carbocycles. The van der Waals surface area contributed by atoms with Gasteiger partial charge in [-0.2, -0.15) is 9.97 Å². The van der Waals surface area contributed by atoms with E-state index in [2.05, 4.69) is 9.97 Å². The Morgan fingerprint density at radius 3 is 2.44 bits per heavy atom. The molecule has 2 rings (SSSR count). The van der Waals surface area contributed by atoms with Crippen molar-refractivity contribution in [1.29, 1.82) is 0 Å². The molecule has 0 spiro atoms. The highest BCUT2D eigenvalue weighted by Gasteiger charge is 2.32. The molecule has 0 aliphatic carbocycles. The van der Waals surface area contributed by atoms with E-state index in [1.807, 2.05) is 0 Å². The number of halogens is 2. The number of aromatic nitrogens is 2. The van der Waals surface area contributed by atoms with Gasteiger partial charge >= 0.3 is 0 Å². The maximum atomic E-state index is 11.8. The molecule has 1 amide bonds. The zero-order valence-corrected chi connectivity index (χ0v) is 10.8. The lowest BCUT2D eigenvalue weighted by molar-refractivity contribution is -0.117. The van der Waals surface area contributed by atoms with Crippen molar-refractivity contribution in [3.05, 3.63) is 15.9 Å². The number of carbonyl (C=O) groups is 2. The Balaban J connectivity index is 2.35. The lowest BCUT2D eigenvalue weighted by Crippen LogP contribution is -2.28. The smallest absolute Gasteiger partial charge is 0.235 e. The third-order valence-electron chi connectivity index (χ3n) is 2.74. The molecule has 1 aromatic rings. The maximum absolute atomic E-state index is 11.8. The number of anilines is 1. The molecule has 1 aliphatic heterocycles. The van der Waals surface area contributed by atoms with E-state index in [1.165, 1.54) is 4.90 Å². The molecule has 1 saturated heterocycles. The highest BCUT2D eigenvalue weighted by Crippen LogP contribution is 2.26. The highest BCUT2D eigenvalue weighted by molar-refractivity contribution is 6.37. The van der Waals surface area contributed by atoms with Gasteiger partial charge in [-0.1, -0.05) is 23.2 Å². The number of aldehydes is 1. The molecule has 1 unspecified atom stereocenters. The highest BCUT2D eigenvalue weighted by atomic mass is 35.5. The summed E-state index contributed by atoms with van der Waals surface area (Å²) < 4.78 is 0. The molecule has 1 aliphatic rings. The Bertz CT molecular complexity index is 486. The van der Waals surface area contributed by atoms with Crippen LogP contribution in [0.15, 0.2) is 0 Å². The molecular formula is C10H10Cl2N4O2. The Kier molecular flexibility index (Phi) is 3.79. The zero-order chi connectivity index (χ0) is 13.3. The molecule has 18 heavy (non-hydrogen) atoms. The van der Waals surface area contributed by atoms with E-state index in [0.29, 0.717) is 25.8 Å². The molecule has 6 nitrogen and oxygen atoms in total. The summed E-state index contributed by atoms with van der Waals surface area (Å²) in [4.78, 5) is 31.6. The van der Waals surface area contributed by atoms with Gasteiger partial charge in [0.25, 0.3) is 0 Å². The summed E-state index contributed by atoms with van der Waals surface area (Å²) in [5, 5.41) is -0.131. The maximum Gasteiger partial charge on any atom is 0.235 e. The predicted molar refractivity (Wildman–Crippen MR) is 67.0 cm³/mol. The van der Waals surface area contributed by atoms with Crippen molar-refractivity contribution in [1.82, 2.24) is 9.97 Å². The molecule has 0 aromatic carbocycles. The normalized spacial score (nSPS) is 19.4. The number of nitrogens with zero attached hydrogens (tertiary/aromatic N) is 3. The number of rotatable bonds is 3. The molecule has 8 heteroatoms. The minimum Gasteiger partial charge on any atom is -0.330 e. The minimum absolute atomic E-state index is 0.0177. The average Bonchev–Trinajstić information content (AvgIpc) is 2.70. The predicted octanol–water partition coefficient (Wildman–Crippen LogP) is 0.908. The summed E-state index contributed by atoms with van der Waals surface area (Å²) in [6.07, 6.45) is 0.827. The van der Waals surface area contributed by atoms with Crippen LogP contribution in [0.25, 0.3) is 0 Å². The fourth-order valence-corrected chi connectivity index (χ4v) is 2.22. The van der Waals surface area contributed by atoms with E-state index in [4.69, 9.17) is 28.9 Å².